The van der Waals surface area contributed by atoms with Gasteiger partial charge >= 0.3 is 0 Å². The second kappa shape index (κ2) is 4.98. The topological polar surface area (TPSA) is 55.8 Å². The maximum Gasteiger partial charge on any atom is 0.211 e. The van der Waals surface area contributed by atoms with Gasteiger partial charge < -0.3 is 14.6 Å². The van der Waals surface area contributed by atoms with Crippen molar-refractivity contribution >= 4 is 5.78 Å². The van der Waals surface area contributed by atoms with E-state index in [9.17, 15) is 9.90 Å². The third-order valence-corrected chi connectivity index (χ3v) is 3.38. The molecule has 2 atom stereocenters. The average Bonchev–Trinajstić information content (AvgIpc) is 2.48. The van der Waals surface area contributed by atoms with E-state index in [0.717, 1.165) is 5.56 Å². The van der Waals surface area contributed by atoms with Crippen LogP contribution in [-0.2, 0) is 9.53 Å². The number of aromatic hydroxyl groups is 1. The minimum Gasteiger partial charge on any atom is -0.508 e. The van der Waals surface area contributed by atoms with Crippen molar-refractivity contribution in [2.24, 2.45) is 0 Å². The smallest absolute Gasteiger partial charge is 0.211 e. The van der Waals surface area contributed by atoms with Crippen LogP contribution in [0.15, 0.2) is 48.5 Å². The number of phenolic OH excluding ortho intramolecular Hbond substituents is 1. The summed E-state index contributed by atoms with van der Waals surface area (Å²) < 4.78 is 11.1. The summed E-state index contributed by atoms with van der Waals surface area (Å²) in [5.41, 5.74) is 1.41. The van der Waals surface area contributed by atoms with E-state index in [1.807, 2.05) is 30.3 Å². The van der Waals surface area contributed by atoms with E-state index in [1.54, 1.807) is 6.07 Å². The predicted molar refractivity (Wildman–Crippen MR) is 72.7 cm³/mol. The van der Waals surface area contributed by atoms with Crippen LogP contribution in [0.3, 0.4) is 0 Å². The first-order valence-corrected chi connectivity index (χ1v) is 6.31. The van der Waals surface area contributed by atoms with Gasteiger partial charge in [0.05, 0.1) is 0 Å². The van der Waals surface area contributed by atoms with Crippen molar-refractivity contribution in [3.05, 3.63) is 59.7 Å². The molecule has 1 aliphatic heterocycles. The Morgan fingerprint density at radius 2 is 1.90 bits per heavy atom. The van der Waals surface area contributed by atoms with Crippen LogP contribution in [0.5, 0.6) is 11.5 Å². The number of Topliss-reactive ketones (excluding diaryl/α,β-unsaturated/α-hetero) is 1. The highest BCUT2D eigenvalue weighted by atomic mass is 16.5. The molecule has 1 N–H and O–H groups in total. The van der Waals surface area contributed by atoms with E-state index in [2.05, 4.69) is 0 Å². The first-order valence-electron chi connectivity index (χ1n) is 6.31. The van der Waals surface area contributed by atoms with Crippen molar-refractivity contribution in [3.8, 4) is 11.5 Å². The van der Waals surface area contributed by atoms with E-state index in [-0.39, 0.29) is 11.5 Å². The van der Waals surface area contributed by atoms with Crippen molar-refractivity contribution in [3.63, 3.8) is 0 Å². The summed E-state index contributed by atoms with van der Waals surface area (Å²) in [5.74, 6) is 0.432. The monoisotopic (exact) mass is 270 g/mol. The lowest BCUT2D eigenvalue weighted by atomic mass is 9.93. The van der Waals surface area contributed by atoms with Crippen LogP contribution in [0, 0.1) is 0 Å². The number of ether oxygens (including phenoxy) is 2. The quantitative estimate of drug-likeness (QED) is 0.911. The molecule has 4 nitrogen and oxygen atoms in total. The van der Waals surface area contributed by atoms with Crippen molar-refractivity contribution < 1.29 is 19.4 Å². The fraction of sp³-hybridized carbons (Fsp3) is 0.188. The molecule has 0 radical (unpaired) electrons. The van der Waals surface area contributed by atoms with Crippen molar-refractivity contribution in [2.45, 2.75) is 12.2 Å². The summed E-state index contributed by atoms with van der Waals surface area (Å²) in [4.78, 5) is 12.5. The molecule has 20 heavy (non-hydrogen) atoms. The molecule has 0 spiro atoms. The van der Waals surface area contributed by atoms with Crippen LogP contribution < -0.4 is 4.74 Å². The average molecular weight is 270 g/mol. The maximum absolute atomic E-state index is 12.5. The molecule has 2 aromatic carbocycles. The molecule has 0 aromatic heterocycles. The van der Waals surface area contributed by atoms with Crippen molar-refractivity contribution in [1.29, 1.82) is 0 Å². The van der Waals surface area contributed by atoms with E-state index in [0.29, 0.717) is 11.3 Å². The van der Waals surface area contributed by atoms with Gasteiger partial charge in [-0.05, 0) is 17.7 Å². The standard InChI is InChI=1S/C16H14O4/c1-19-16-12-8-7-11(17)9-13(12)20-15(14(16)18)10-5-3-2-4-6-10/h2-9,15-17H,1H3. The number of fused-ring (bicyclic) bond motifs is 1. The molecule has 0 saturated carbocycles. The molecule has 0 aliphatic carbocycles. The lowest BCUT2D eigenvalue weighted by molar-refractivity contribution is -0.139. The van der Waals surface area contributed by atoms with E-state index < -0.39 is 12.2 Å². The normalized spacial score (nSPS) is 21.1. The lowest BCUT2D eigenvalue weighted by Gasteiger charge is -2.30. The minimum absolute atomic E-state index is 0.0970. The van der Waals surface area contributed by atoms with Gasteiger partial charge in [0.1, 0.15) is 17.6 Å². The third kappa shape index (κ3) is 2.04. The Hall–Kier alpha value is -2.33. The van der Waals surface area contributed by atoms with Gasteiger partial charge in [-0.2, -0.15) is 0 Å². The molecule has 1 heterocycles. The number of hydrogen-bond acceptors (Lipinski definition) is 4. The Balaban J connectivity index is 2.07. The summed E-state index contributed by atoms with van der Waals surface area (Å²) in [6.07, 6.45) is -1.39. The first kappa shape index (κ1) is 12.7. The summed E-state index contributed by atoms with van der Waals surface area (Å²) in [6, 6.07) is 13.9. The minimum atomic E-state index is -0.713. The molecule has 4 heteroatoms. The molecule has 3 rings (SSSR count). The SMILES string of the molecule is COC1C(=O)C(c2ccccc2)Oc2cc(O)ccc21. The Kier molecular flexibility index (Phi) is 3.16. The summed E-state index contributed by atoms with van der Waals surface area (Å²) in [6.45, 7) is 0. The van der Waals surface area contributed by atoms with E-state index in [4.69, 9.17) is 9.47 Å². The maximum atomic E-state index is 12.5. The molecule has 1 aliphatic rings. The Bertz CT molecular complexity index is 636. The summed E-state index contributed by atoms with van der Waals surface area (Å²) in [5, 5.41) is 9.56. The van der Waals surface area contributed by atoms with Crippen LogP contribution in [0.25, 0.3) is 0 Å². The van der Waals surface area contributed by atoms with Gasteiger partial charge in [-0.3, -0.25) is 4.79 Å². The van der Waals surface area contributed by atoms with Gasteiger partial charge in [0, 0.05) is 18.7 Å². The lowest BCUT2D eigenvalue weighted by Crippen LogP contribution is -2.31. The van der Waals surface area contributed by atoms with Gasteiger partial charge in [0.2, 0.25) is 5.78 Å². The van der Waals surface area contributed by atoms with Crippen molar-refractivity contribution in [2.75, 3.05) is 7.11 Å². The highest BCUT2D eigenvalue weighted by molar-refractivity contribution is 5.92. The molecule has 2 aromatic rings. The fourth-order valence-corrected chi connectivity index (χ4v) is 2.42. The number of carbonyl (C=O) groups is 1. The zero-order chi connectivity index (χ0) is 14.1. The highest BCUT2D eigenvalue weighted by Gasteiger charge is 2.37. The van der Waals surface area contributed by atoms with Gasteiger partial charge in [-0.15, -0.1) is 0 Å². The number of carbonyl (C=O) groups excluding carboxylic acids is 1. The van der Waals surface area contributed by atoms with Crippen LogP contribution in [0.1, 0.15) is 23.3 Å². The molecule has 0 saturated heterocycles. The number of ketones is 1. The van der Waals surface area contributed by atoms with Crippen molar-refractivity contribution in [1.82, 2.24) is 0 Å². The highest BCUT2D eigenvalue weighted by Crippen LogP contribution is 2.41. The first-order chi connectivity index (χ1) is 9.70. The zero-order valence-corrected chi connectivity index (χ0v) is 10.9. The van der Waals surface area contributed by atoms with Gasteiger partial charge in [0.15, 0.2) is 6.10 Å². The molecular weight excluding hydrogens is 256 g/mol. The van der Waals surface area contributed by atoms with Gasteiger partial charge in [0.25, 0.3) is 0 Å². The largest absolute Gasteiger partial charge is 0.508 e. The third-order valence-electron chi connectivity index (χ3n) is 3.38. The molecular formula is C16H14O4. The Morgan fingerprint density at radius 1 is 1.15 bits per heavy atom. The molecule has 0 fully saturated rings. The van der Waals surface area contributed by atoms with E-state index in [1.165, 1.54) is 19.2 Å². The van der Waals surface area contributed by atoms with Crippen LogP contribution >= 0.6 is 0 Å². The summed E-state index contributed by atoms with van der Waals surface area (Å²) >= 11 is 0. The Morgan fingerprint density at radius 3 is 2.60 bits per heavy atom. The number of methoxy groups -OCH3 is 1. The van der Waals surface area contributed by atoms with Gasteiger partial charge in [-0.25, -0.2) is 0 Å². The second-order valence-electron chi connectivity index (χ2n) is 4.65. The van der Waals surface area contributed by atoms with Crippen LogP contribution in [-0.4, -0.2) is 18.0 Å². The predicted octanol–water partition coefficient (Wildman–Crippen LogP) is 2.78. The summed E-state index contributed by atoms with van der Waals surface area (Å²) in [7, 11) is 1.49. The number of hydrogen-bond donors (Lipinski definition) is 1. The second-order valence-corrected chi connectivity index (χ2v) is 4.65. The van der Waals surface area contributed by atoms with E-state index >= 15 is 0 Å². The van der Waals surface area contributed by atoms with Gasteiger partial charge in [-0.1, -0.05) is 30.3 Å². The molecule has 102 valence electrons. The number of rotatable bonds is 2. The molecule has 0 amide bonds. The molecule has 0 bridgehead atoms. The van der Waals surface area contributed by atoms with Crippen LogP contribution in [0.2, 0.25) is 0 Å². The number of phenols is 1. The van der Waals surface area contributed by atoms with Crippen LogP contribution in [0.4, 0.5) is 0 Å². The zero-order valence-electron chi connectivity index (χ0n) is 10.9. The Labute approximate surface area is 116 Å². The molecule has 2 unspecified atom stereocenters. The number of benzene rings is 2. The fourth-order valence-electron chi connectivity index (χ4n) is 2.42.